The maximum atomic E-state index is 4.81. The highest BCUT2D eigenvalue weighted by Crippen LogP contribution is 2.29. The lowest BCUT2D eigenvalue weighted by Gasteiger charge is -2.07. The minimum absolute atomic E-state index is 0.773. The van der Waals surface area contributed by atoms with Crippen LogP contribution in [-0.4, -0.2) is 19.8 Å². The number of aryl methyl sites for hydroxylation is 1. The van der Waals surface area contributed by atoms with Crippen LogP contribution in [0, 0.1) is 6.92 Å². The summed E-state index contributed by atoms with van der Waals surface area (Å²) < 4.78 is 1.84. The first-order valence-electron chi connectivity index (χ1n) is 9.40. The van der Waals surface area contributed by atoms with Gasteiger partial charge in [0, 0.05) is 5.56 Å². The van der Waals surface area contributed by atoms with E-state index in [9.17, 15) is 0 Å². The lowest BCUT2D eigenvalue weighted by atomic mass is 9.98. The van der Waals surface area contributed by atoms with Gasteiger partial charge in [-0.2, -0.15) is 9.61 Å². The fourth-order valence-electron chi connectivity index (χ4n) is 3.37. The number of hydrogen-bond donors (Lipinski definition) is 0. The zero-order valence-electron chi connectivity index (χ0n) is 15.9. The van der Waals surface area contributed by atoms with Gasteiger partial charge >= 0.3 is 0 Å². The van der Waals surface area contributed by atoms with Crippen molar-refractivity contribution in [3.8, 4) is 11.4 Å². The third-order valence-electron chi connectivity index (χ3n) is 4.83. The van der Waals surface area contributed by atoms with Gasteiger partial charge in [0.15, 0.2) is 5.82 Å². The average Bonchev–Trinajstić information content (AvgIpc) is 3.34. The molecule has 0 N–H and O–H groups in total. The molecule has 0 aliphatic carbocycles. The van der Waals surface area contributed by atoms with Crippen molar-refractivity contribution in [3.63, 3.8) is 0 Å². The first-order valence-corrected chi connectivity index (χ1v) is 10.2. The summed E-state index contributed by atoms with van der Waals surface area (Å²) in [4.78, 5) is 0.787. The van der Waals surface area contributed by atoms with Crippen molar-refractivity contribution in [1.82, 2.24) is 19.8 Å². The molecule has 2 heterocycles. The Morgan fingerprint density at radius 1 is 0.793 bits per heavy atom. The molecule has 0 aliphatic heterocycles. The minimum Gasteiger partial charge on any atom is -0.182 e. The smallest absolute Gasteiger partial charge is 0.182 e. The van der Waals surface area contributed by atoms with Gasteiger partial charge in [0.2, 0.25) is 4.96 Å². The van der Waals surface area contributed by atoms with E-state index in [0.29, 0.717) is 0 Å². The molecule has 0 atom stereocenters. The second-order valence-corrected chi connectivity index (χ2v) is 7.75. The van der Waals surface area contributed by atoms with Crippen LogP contribution in [0.3, 0.4) is 0 Å². The van der Waals surface area contributed by atoms with Gasteiger partial charge in [0.05, 0.1) is 0 Å². The van der Waals surface area contributed by atoms with E-state index in [1.807, 2.05) is 28.8 Å². The number of rotatable bonds is 4. The summed E-state index contributed by atoms with van der Waals surface area (Å²) in [6, 6.07) is 29.0. The van der Waals surface area contributed by atoms with Crippen LogP contribution in [-0.2, 0) is 0 Å². The van der Waals surface area contributed by atoms with Crippen molar-refractivity contribution in [2.45, 2.75) is 6.92 Å². The van der Waals surface area contributed by atoms with Crippen LogP contribution in [0.5, 0.6) is 0 Å². The standard InChI is InChI=1S/C24H18N4S/c1-17-10-8-9-15-20(17)23-25-26-24-28(23)27-22(29-24)16-21(18-11-4-2-5-12-18)19-13-6-3-7-14-19/h2-16H,1H3. The summed E-state index contributed by atoms with van der Waals surface area (Å²) in [6.45, 7) is 2.08. The van der Waals surface area contributed by atoms with Crippen LogP contribution in [0.25, 0.3) is 28.0 Å². The fraction of sp³-hybridized carbons (Fsp3) is 0.0417. The minimum atomic E-state index is 0.773. The summed E-state index contributed by atoms with van der Waals surface area (Å²) >= 11 is 1.54. The van der Waals surface area contributed by atoms with Gasteiger partial charge < -0.3 is 0 Å². The topological polar surface area (TPSA) is 43.1 Å². The first kappa shape index (κ1) is 17.5. The second-order valence-electron chi connectivity index (χ2n) is 6.76. The number of fused-ring (bicyclic) bond motifs is 1. The van der Waals surface area contributed by atoms with Crippen LogP contribution in [0.15, 0.2) is 84.9 Å². The number of hydrogen-bond acceptors (Lipinski definition) is 4. The molecule has 0 aliphatic rings. The highest BCUT2D eigenvalue weighted by atomic mass is 32.1. The molecule has 5 heteroatoms. The van der Waals surface area contributed by atoms with Crippen molar-refractivity contribution in [3.05, 3.63) is 107 Å². The molecule has 140 valence electrons. The fourth-order valence-corrected chi connectivity index (χ4v) is 4.16. The Kier molecular flexibility index (Phi) is 4.50. The van der Waals surface area contributed by atoms with Gasteiger partial charge in [-0.1, -0.05) is 96.3 Å². The van der Waals surface area contributed by atoms with Crippen molar-refractivity contribution < 1.29 is 0 Å². The molecule has 0 radical (unpaired) electrons. The molecule has 0 saturated carbocycles. The maximum absolute atomic E-state index is 4.81. The lowest BCUT2D eigenvalue weighted by molar-refractivity contribution is 0.958. The quantitative estimate of drug-likeness (QED) is 0.390. The summed E-state index contributed by atoms with van der Waals surface area (Å²) in [5.74, 6) is 0.773. The predicted molar refractivity (Wildman–Crippen MR) is 119 cm³/mol. The van der Waals surface area contributed by atoms with E-state index >= 15 is 0 Å². The van der Waals surface area contributed by atoms with Crippen LogP contribution in [0.4, 0.5) is 0 Å². The van der Waals surface area contributed by atoms with Crippen molar-refractivity contribution >= 4 is 27.9 Å². The Balaban J connectivity index is 1.64. The molecule has 0 fully saturated rings. The lowest BCUT2D eigenvalue weighted by Crippen LogP contribution is -1.93. The van der Waals surface area contributed by atoms with E-state index in [1.54, 1.807) is 0 Å². The summed E-state index contributed by atoms with van der Waals surface area (Å²) in [6.07, 6.45) is 2.13. The maximum Gasteiger partial charge on any atom is 0.235 e. The highest BCUT2D eigenvalue weighted by molar-refractivity contribution is 7.17. The normalized spacial score (nSPS) is 10.9. The Morgan fingerprint density at radius 3 is 2.07 bits per heavy atom. The zero-order valence-corrected chi connectivity index (χ0v) is 16.7. The first-order chi connectivity index (χ1) is 14.3. The molecule has 3 aromatic carbocycles. The molecule has 0 saturated heterocycles. The molecule has 0 unspecified atom stereocenters. The van der Waals surface area contributed by atoms with Crippen molar-refractivity contribution in [2.75, 3.05) is 0 Å². The van der Waals surface area contributed by atoms with Gasteiger partial charge in [-0.05, 0) is 35.3 Å². The van der Waals surface area contributed by atoms with Crippen LogP contribution in [0.2, 0.25) is 0 Å². The largest absolute Gasteiger partial charge is 0.235 e. The summed E-state index contributed by atoms with van der Waals surface area (Å²) in [5.41, 5.74) is 5.65. The Morgan fingerprint density at radius 2 is 1.41 bits per heavy atom. The van der Waals surface area contributed by atoms with E-state index in [1.165, 1.54) is 11.3 Å². The van der Waals surface area contributed by atoms with Crippen molar-refractivity contribution in [1.29, 1.82) is 0 Å². The average molecular weight is 395 g/mol. The number of benzene rings is 3. The zero-order chi connectivity index (χ0) is 19.6. The van der Waals surface area contributed by atoms with Crippen LogP contribution in [0.1, 0.15) is 21.7 Å². The van der Waals surface area contributed by atoms with E-state index < -0.39 is 0 Å². The molecular weight excluding hydrogens is 376 g/mol. The van der Waals surface area contributed by atoms with Gasteiger partial charge in [0.25, 0.3) is 0 Å². The molecule has 5 rings (SSSR count). The summed E-state index contributed by atoms with van der Waals surface area (Å²) in [7, 11) is 0. The van der Waals surface area contributed by atoms with Crippen LogP contribution >= 0.6 is 11.3 Å². The Labute approximate surface area is 172 Å². The third kappa shape index (κ3) is 3.37. The van der Waals surface area contributed by atoms with Gasteiger partial charge in [-0.25, -0.2) is 0 Å². The van der Waals surface area contributed by atoms with Crippen LogP contribution < -0.4 is 0 Å². The third-order valence-corrected chi connectivity index (χ3v) is 5.68. The molecule has 29 heavy (non-hydrogen) atoms. The van der Waals surface area contributed by atoms with E-state index in [-0.39, 0.29) is 0 Å². The monoisotopic (exact) mass is 394 g/mol. The number of aromatic nitrogens is 4. The molecule has 0 spiro atoms. The van der Waals surface area contributed by atoms with Gasteiger partial charge in [0.1, 0.15) is 5.01 Å². The van der Waals surface area contributed by atoms with E-state index in [0.717, 1.165) is 43.6 Å². The SMILES string of the molecule is Cc1ccccc1-c1nnc2sc(C=C(c3ccccc3)c3ccccc3)nn12. The number of nitrogens with zero attached hydrogens (tertiary/aromatic N) is 4. The second kappa shape index (κ2) is 7.45. The van der Waals surface area contributed by atoms with Crippen molar-refractivity contribution in [2.24, 2.45) is 0 Å². The molecule has 4 nitrogen and oxygen atoms in total. The van der Waals surface area contributed by atoms with E-state index in [4.69, 9.17) is 5.10 Å². The van der Waals surface area contributed by atoms with E-state index in [2.05, 4.69) is 83.9 Å². The molecule has 0 amide bonds. The van der Waals surface area contributed by atoms with Gasteiger partial charge in [-0.3, -0.25) is 0 Å². The predicted octanol–water partition coefficient (Wildman–Crippen LogP) is 5.75. The Bertz CT molecular complexity index is 1260. The molecule has 5 aromatic rings. The highest BCUT2D eigenvalue weighted by Gasteiger charge is 2.15. The van der Waals surface area contributed by atoms with Gasteiger partial charge in [-0.15, -0.1) is 10.2 Å². The summed E-state index contributed by atoms with van der Waals surface area (Å²) in [5, 5.41) is 14.4. The Hall–Kier alpha value is -3.57. The molecule has 0 bridgehead atoms. The molecular formula is C24H18N4S. The molecule has 2 aromatic heterocycles.